The van der Waals surface area contributed by atoms with Crippen molar-refractivity contribution in [3.8, 4) is 0 Å². The van der Waals surface area contributed by atoms with E-state index >= 15 is 0 Å². The molecule has 0 bridgehead atoms. The van der Waals surface area contributed by atoms with Gasteiger partial charge in [0, 0.05) is 19.3 Å². The van der Waals surface area contributed by atoms with Crippen molar-refractivity contribution in [1.29, 1.82) is 0 Å². The summed E-state index contributed by atoms with van der Waals surface area (Å²) in [4.78, 5) is 37.4. The summed E-state index contributed by atoms with van der Waals surface area (Å²) < 4.78 is 16.6. The van der Waals surface area contributed by atoms with Crippen molar-refractivity contribution < 1.29 is 28.6 Å². The zero-order valence-corrected chi connectivity index (χ0v) is 31.9. The first-order valence-corrected chi connectivity index (χ1v) is 20.3. The molecule has 0 aliphatic heterocycles. The Bertz CT molecular complexity index is 723. The van der Waals surface area contributed by atoms with Crippen molar-refractivity contribution in [2.75, 3.05) is 13.2 Å². The minimum absolute atomic E-state index is 0.0673. The highest BCUT2D eigenvalue weighted by Crippen LogP contribution is 2.17. The van der Waals surface area contributed by atoms with Gasteiger partial charge in [-0.15, -0.1) is 0 Å². The summed E-state index contributed by atoms with van der Waals surface area (Å²) in [5.41, 5.74) is 0. The predicted molar refractivity (Wildman–Crippen MR) is 196 cm³/mol. The minimum Gasteiger partial charge on any atom is -0.462 e. The molecule has 47 heavy (non-hydrogen) atoms. The number of esters is 3. The van der Waals surface area contributed by atoms with Crippen LogP contribution in [0.25, 0.3) is 0 Å². The molecule has 278 valence electrons. The van der Waals surface area contributed by atoms with E-state index in [1.54, 1.807) is 0 Å². The highest BCUT2D eigenvalue weighted by atomic mass is 16.6. The molecule has 0 fully saturated rings. The Morgan fingerprint density at radius 3 is 1.11 bits per heavy atom. The van der Waals surface area contributed by atoms with E-state index in [2.05, 4.69) is 34.6 Å². The summed E-state index contributed by atoms with van der Waals surface area (Å²) in [7, 11) is 0. The highest BCUT2D eigenvalue weighted by molar-refractivity contribution is 5.71. The van der Waals surface area contributed by atoms with Crippen LogP contribution in [-0.4, -0.2) is 37.2 Å². The summed E-state index contributed by atoms with van der Waals surface area (Å²) in [6.07, 6.45) is 29.5. The number of hydrogen-bond donors (Lipinski definition) is 0. The van der Waals surface area contributed by atoms with Crippen molar-refractivity contribution in [1.82, 2.24) is 0 Å². The van der Waals surface area contributed by atoms with E-state index in [0.717, 1.165) is 69.6 Å². The fourth-order valence-electron chi connectivity index (χ4n) is 5.80. The Balaban J connectivity index is 4.33. The molecule has 0 aliphatic rings. The third kappa shape index (κ3) is 32.7. The number of carbonyl (C=O) groups excluding carboxylic acids is 3. The van der Waals surface area contributed by atoms with E-state index in [1.165, 1.54) is 103 Å². The second kappa shape index (κ2) is 34.3. The third-order valence-corrected chi connectivity index (χ3v) is 9.69. The van der Waals surface area contributed by atoms with Gasteiger partial charge < -0.3 is 14.2 Å². The summed E-state index contributed by atoms with van der Waals surface area (Å²) in [6, 6.07) is 0. The van der Waals surface area contributed by atoms with Gasteiger partial charge in [-0.2, -0.15) is 0 Å². The maximum Gasteiger partial charge on any atom is 0.306 e. The monoisotopic (exact) mass is 667 g/mol. The Labute approximate surface area is 291 Å². The van der Waals surface area contributed by atoms with Crippen LogP contribution >= 0.6 is 0 Å². The minimum atomic E-state index is -0.759. The summed E-state index contributed by atoms with van der Waals surface area (Å²) in [5.74, 6) is 0.787. The molecule has 2 unspecified atom stereocenters. The first-order chi connectivity index (χ1) is 22.8. The molecule has 0 rings (SSSR count). The van der Waals surface area contributed by atoms with E-state index in [0.29, 0.717) is 19.3 Å². The van der Waals surface area contributed by atoms with Crippen LogP contribution in [0.3, 0.4) is 0 Å². The molecule has 3 atom stereocenters. The van der Waals surface area contributed by atoms with Crippen LogP contribution in [0.1, 0.15) is 214 Å². The quantitative estimate of drug-likeness (QED) is 0.0380. The zero-order chi connectivity index (χ0) is 34.8. The molecule has 0 aromatic rings. The molecule has 0 aromatic heterocycles. The Hall–Kier alpha value is -1.59. The fourth-order valence-corrected chi connectivity index (χ4v) is 5.80. The number of ether oxygens (including phenoxy) is 3. The van der Waals surface area contributed by atoms with Gasteiger partial charge in [-0.25, -0.2) is 0 Å². The van der Waals surface area contributed by atoms with Gasteiger partial charge in [0.05, 0.1) is 0 Å². The van der Waals surface area contributed by atoms with E-state index in [1.807, 2.05) is 0 Å². The average molecular weight is 667 g/mol. The molecule has 0 heterocycles. The maximum absolute atomic E-state index is 12.5. The number of unbranched alkanes of at least 4 members (excludes halogenated alkanes) is 18. The van der Waals surface area contributed by atoms with Crippen molar-refractivity contribution in [3.63, 3.8) is 0 Å². The fraction of sp³-hybridized carbons (Fsp3) is 0.927. The van der Waals surface area contributed by atoms with E-state index in [9.17, 15) is 14.4 Å². The maximum atomic E-state index is 12.5. The van der Waals surface area contributed by atoms with Crippen LogP contribution in [0.4, 0.5) is 0 Å². The van der Waals surface area contributed by atoms with Crippen molar-refractivity contribution >= 4 is 17.9 Å². The summed E-state index contributed by atoms with van der Waals surface area (Å²) >= 11 is 0. The molecule has 0 saturated carbocycles. The Morgan fingerprint density at radius 2 is 0.745 bits per heavy atom. The zero-order valence-electron chi connectivity index (χ0n) is 31.9. The van der Waals surface area contributed by atoms with E-state index in [-0.39, 0.29) is 31.1 Å². The first kappa shape index (κ1) is 45.4. The molecule has 6 heteroatoms. The van der Waals surface area contributed by atoms with Crippen molar-refractivity contribution in [2.24, 2.45) is 11.8 Å². The molecular formula is C41H78O6. The highest BCUT2D eigenvalue weighted by Gasteiger charge is 2.19. The second-order valence-corrected chi connectivity index (χ2v) is 14.4. The van der Waals surface area contributed by atoms with Gasteiger partial charge in [-0.05, 0) is 31.1 Å². The molecular weight excluding hydrogens is 588 g/mol. The normalized spacial score (nSPS) is 13.2. The molecule has 0 radical (unpaired) electrons. The van der Waals surface area contributed by atoms with Crippen LogP contribution in [0, 0.1) is 11.8 Å². The van der Waals surface area contributed by atoms with Crippen molar-refractivity contribution in [2.45, 2.75) is 221 Å². The molecule has 0 N–H and O–H groups in total. The second-order valence-electron chi connectivity index (χ2n) is 14.4. The Morgan fingerprint density at radius 1 is 0.426 bits per heavy atom. The summed E-state index contributed by atoms with van der Waals surface area (Å²) in [6.45, 7) is 11.2. The molecule has 0 aromatic carbocycles. The standard InChI is InChI=1S/C41H78O6/c1-6-9-10-11-14-23-28-33-41(44)47-38(35-46-40(43)32-27-22-18-17-20-25-30-37(5)8-3)34-45-39(42)31-26-21-16-13-12-15-19-24-29-36(4)7-2/h36-38H,6-35H2,1-5H3/t36?,37?,38-/m1/s1. The van der Waals surface area contributed by atoms with Crippen molar-refractivity contribution in [3.05, 3.63) is 0 Å². The summed E-state index contributed by atoms with van der Waals surface area (Å²) in [5, 5.41) is 0. The Kier molecular flexibility index (Phi) is 33.1. The van der Waals surface area contributed by atoms with Crippen LogP contribution in [0.15, 0.2) is 0 Å². The number of rotatable bonds is 35. The van der Waals surface area contributed by atoms with E-state index in [4.69, 9.17) is 14.2 Å². The van der Waals surface area contributed by atoms with Gasteiger partial charge in [0.2, 0.25) is 0 Å². The first-order valence-electron chi connectivity index (χ1n) is 20.3. The third-order valence-electron chi connectivity index (χ3n) is 9.69. The molecule has 0 spiro atoms. The van der Waals surface area contributed by atoms with Gasteiger partial charge >= 0.3 is 17.9 Å². The topological polar surface area (TPSA) is 78.9 Å². The SMILES string of the molecule is CCCCCCCCCC(=O)O[C@H](COC(=O)CCCCCCCCCCC(C)CC)COC(=O)CCCCCCCCC(C)CC. The number of hydrogen-bond acceptors (Lipinski definition) is 6. The van der Waals surface area contributed by atoms with Gasteiger partial charge in [0.1, 0.15) is 13.2 Å². The van der Waals surface area contributed by atoms with Gasteiger partial charge in [-0.1, -0.05) is 176 Å². The molecule has 0 amide bonds. The number of carbonyl (C=O) groups is 3. The molecule has 0 saturated heterocycles. The lowest BCUT2D eigenvalue weighted by molar-refractivity contribution is -0.167. The van der Waals surface area contributed by atoms with Gasteiger partial charge in [0.25, 0.3) is 0 Å². The largest absolute Gasteiger partial charge is 0.462 e. The van der Waals surface area contributed by atoms with Crippen LogP contribution in [0.5, 0.6) is 0 Å². The van der Waals surface area contributed by atoms with E-state index < -0.39 is 6.10 Å². The van der Waals surface area contributed by atoms with Crippen LogP contribution in [-0.2, 0) is 28.6 Å². The predicted octanol–water partition coefficient (Wildman–Crippen LogP) is 12.2. The van der Waals surface area contributed by atoms with Gasteiger partial charge in [0.15, 0.2) is 6.10 Å². The van der Waals surface area contributed by atoms with Gasteiger partial charge in [-0.3, -0.25) is 14.4 Å². The smallest absolute Gasteiger partial charge is 0.306 e. The lowest BCUT2D eigenvalue weighted by Gasteiger charge is -2.18. The van der Waals surface area contributed by atoms with Crippen LogP contribution in [0.2, 0.25) is 0 Å². The molecule has 6 nitrogen and oxygen atoms in total. The lowest BCUT2D eigenvalue weighted by Crippen LogP contribution is -2.30. The van der Waals surface area contributed by atoms with Crippen LogP contribution < -0.4 is 0 Å². The molecule has 0 aliphatic carbocycles. The average Bonchev–Trinajstić information content (AvgIpc) is 3.07. The lowest BCUT2D eigenvalue weighted by atomic mass is 9.99.